The molecule has 2 bridgehead atoms. The highest BCUT2D eigenvalue weighted by Gasteiger charge is 2.31. The summed E-state index contributed by atoms with van der Waals surface area (Å²) in [5.74, 6) is -1.02. The third kappa shape index (κ3) is 4.77. The van der Waals surface area contributed by atoms with Gasteiger partial charge in [-0.25, -0.2) is 9.37 Å². The van der Waals surface area contributed by atoms with Crippen LogP contribution in [0.5, 0.6) is 11.5 Å². The summed E-state index contributed by atoms with van der Waals surface area (Å²) in [6, 6.07) is 3.69. The molecule has 4 rings (SSSR count). The maximum Gasteiger partial charge on any atom is 0.296 e. The third-order valence-corrected chi connectivity index (χ3v) is 6.40. The van der Waals surface area contributed by atoms with E-state index in [1.165, 1.54) is 16.7 Å². The summed E-state index contributed by atoms with van der Waals surface area (Å²) in [5, 5.41) is 10.5. The molecular formula is C24H28FN3O5. The Morgan fingerprint density at radius 2 is 1.91 bits per heavy atom. The van der Waals surface area contributed by atoms with Crippen molar-refractivity contribution in [3.63, 3.8) is 0 Å². The van der Waals surface area contributed by atoms with Gasteiger partial charge in [0.15, 0.2) is 11.5 Å². The molecule has 1 atom stereocenters. The van der Waals surface area contributed by atoms with E-state index in [0.717, 1.165) is 6.42 Å². The molecule has 2 aliphatic heterocycles. The van der Waals surface area contributed by atoms with Crippen molar-refractivity contribution < 1.29 is 23.8 Å². The molecule has 1 unspecified atom stereocenters. The second-order valence-corrected chi connectivity index (χ2v) is 8.62. The van der Waals surface area contributed by atoms with E-state index in [4.69, 9.17) is 4.74 Å². The molecule has 176 valence electrons. The maximum atomic E-state index is 13.8. The molecule has 2 aromatic rings. The van der Waals surface area contributed by atoms with Crippen LogP contribution in [-0.4, -0.2) is 44.9 Å². The van der Waals surface area contributed by atoms with Crippen LogP contribution in [-0.2, 0) is 17.8 Å². The Bertz CT molecular complexity index is 1130. The van der Waals surface area contributed by atoms with Crippen molar-refractivity contribution in [3.05, 3.63) is 51.5 Å². The Morgan fingerprint density at radius 3 is 2.73 bits per heavy atom. The summed E-state index contributed by atoms with van der Waals surface area (Å²) < 4.78 is 20.9. The number of carbonyl (C=O) groups excluding carboxylic acids is 2. The Kier molecular flexibility index (Phi) is 6.76. The molecule has 1 aromatic heterocycles. The van der Waals surface area contributed by atoms with Gasteiger partial charge in [0.2, 0.25) is 11.7 Å². The number of hydrogen-bond donors (Lipinski definition) is 1. The molecule has 1 amide bonds. The predicted octanol–water partition coefficient (Wildman–Crippen LogP) is 3.15. The van der Waals surface area contributed by atoms with Crippen LogP contribution in [0.3, 0.4) is 0 Å². The molecule has 0 radical (unpaired) electrons. The van der Waals surface area contributed by atoms with Gasteiger partial charge in [-0.1, -0.05) is 6.07 Å². The fraction of sp³-hybridized carbons (Fsp3) is 0.500. The second-order valence-electron chi connectivity index (χ2n) is 8.62. The lowest BCUT2D eigenvalue weighted by Gasteiger charge is -2.28. The Morgan fingerprint density at radius 1 is 1.09 bits per heavy atom. The number of halogens is 1. The first-order valence-electron chi connectivity index (χ1n) is 11.4. The van der Waals surface area contributed by atoms with E-state index in [0.29, 0.717) is 62.4 Å². The van der Waals surface area contributed by atoms with Gasteiger partial charge in [-0.2, -0.15) is 0 Å². The zero-order chi connectivity index (χ0) is 23.5. The van der Waals surface area contributed by atoms with Gasteiger partial charge in [-0.05, 0) is 50.2 Å². The maximum absolute atomic E-state index is 13.8. The van der Waals surface area contributed by atoms with Gasteiger partial charge in [0.25, 0.3) is 5.56 Å². The SMILES string of the molecule is CN1C(=O)CCCCOc2cc(F)ccc2CCC(=O)c2nc3n(c(=O)c2O)CCCCC31. The van der Waals surface area contributed by atoms with E-state index < -0.39 is 29.0 Å². The lowest BCUT2D eigenvalue weighted by Crippen LogP contribution is -2.36. The van der Waals surface area contributed by atoms with Crippen LogP contribution in [0.2, 0.25) is 0 Å². The van der Waals surface area contributed by atoms with Crippen molar-refractivity contribution >= 4 is 11.7 Å². The lowest BCUT2D eigenvalue weighted by atomic mass is 10.0. The number of Topliss-reactive ketones (excluding diaryl/α,β-unsaturated/α-hetero) is 1. The van der Waals surface area contributed by atoms with Crippen LogP contribution >= 0.6 is 0 Å². The summed E-state index contributed by atoms with van der Waals surface area (Å²) in [6.07, 6.45) is 3.84. The monoisotopic (exact) mass is 457 g/mol. The van der Waals surface area contributed by atoms with Gasteiger partial charge >= 0.3 is 0 Å². The molecule has 1 N–H and O–H groups in total. The topological polar surface area (TPSA) is 102 Å². The number of aromatic hydroxyl groups is 1. The van der Waals surface area contributed by atoms with E-state index in [-0.39, 0.29) is 24.4 Å². The van der Waals surface area contributed by atoms with Crippen molar-refractivity contribution in [2.75, 3.05) is 13.7 Å². The molecule has 0 fully saturated rings. The Balaban J connectivity index is 1.77. The fourth-order valence-electron chi connectivity index (χ4n) is 4.48. The molecule has 1 aromatic carbocycles. The first kappa shape index (κ1) is 22.9. The van der Waals surface area contributed by atoms with E-state index in [2.05, 4.69) is 4.98 Å². The molecule has 0 saturated carbocycles. The average Bonchev–Trinajstić information content (AvgIpc) is 3.01. The van der Waals surface area contributed by atoms with Gasteiger partial charge < -0.3 is 14.7 Å². The number of ketones is 1. The van der Waals surface area contributed by atoms with Crippen LogP contribution in [0.25, 0.3) is 0 Å². The molecule has 8 nitrogen and oxygen atoms in total. The number of rotatable bonds is 0. The van der Waals surface area contributed by atoms with Crippen LogP contribution in [0.4, 0.5) is 4.39 Å². The van der Waals surface area contributed by atoms with Crippen LogP contribution in [0.15, 0.2) is 23.0 Å². The zero-order valence-corrected chi connectivity index (χ0v) is 18.7. The smallest absolute Gasteiger partial charge is 0.296 e. The van der Waals surface area contributed by atoms with E-state index in [1.54, 1.807) is 18.0 Å². The molecule has 2 aliphatic rings. The lowest BCUT2D eigenvalue weighted by molar-refractivity contribution is -0.132. The first-order valence-corrected chi connectivity index (χ1v) is 11.4. The fourth-order valence-corrected chi connectivity index (χ4v) is 4.48. The van der Waals surface area contributed by atoms with E-state index in [9.17, 15) is 23.9 Å². The van der Waals surface area contributed by atoms with Crippen LogP contribution < -0.4 is 10.3 Å². The number of nitrogens with zero attached hydrogens (tertiary/aromatic N) is 3. The van der Waals surface area contributed by atoms with E-state index >= 15 is 0 Å². The minimum atomic E-state index is -0.671. The van der Waals surface area contributed by atoms with Crippen molar-refractivity contribution in [2.24, 2.45) is 0 Å². The number of carbonyl (C=O) groups is 2. The molecular weight excluding hydrogens is 429 g/mol. The molecule has 9 heteroatoms. The van der Waals surface area contributed by atoms with E-state index in [1.807, 2.05) is 0 Å². The minimum Gasteiger partial charge on any atom is -0.501 e. The van der Waals surface area contributed by atoms with Crippen molar-refractivity contribution in [1.29, 1.82) is 0 Å². The standard InChI is InChI=1S/C24H28FN3O5/c1-27-17-6-2-4-12-28-23(17)26-21(22(31)24(28)32)18(29)11-9-15-8-10-16(25)14-19(15)33-13-5-3-7-20(27)30/h8,10,14,17,31H,2-7,9,11-13H2,1H3. The van der Waals surface area contributed by atoms with Gasteiger partial charge in [-0.15, -0.1) is 0 Å². The number of fused-ring (bicyclic) bond motifs is 2. The highest BCUT2D eigenvalue weighted by atomic mass is 19.1. The molecule has 33 heavy (non-hydrogen) atoms. The quantitative estimate of drug-likeness (QED) is 0.652. The summed E-state index contributed by atoms with van der Waals surface area (Å²) in [7, 11) is 1.68. The number of hydrogen-bond acceptors (Lipinski definition) is 6. The number of amides is 1. The van der Waals surface area contributed by atoms with Crippen molar-refractivity contribution in [2.45, 2.75) is 64.0 Å². The summed E-state index contributed by atoms with van der Waals surface area (Å²) in [4.78, 5) is 44.9. The van der Waals surface area contributed by atoms with Gasteiger partial charge in [-0.3, -0.25) is 19.0 Å². The average molecular weight is 458 g/mol. The molecule has 0 spiro atoms. The predicted molar refractivity (Wildman–Crippen MR) is 118 cm³/mol. The zero-order valence-electron chi connectivity index (χ0n) is 18.7. The Hall–Kier alpha value is -3.23. The first-order chi connectivity index (χ1) is 15.9. The van der Waals surface area contributed by atoms with Gasteiger partial charge in [0.1, 0.15) is 17.4 Å². The molecule has 0 aliphatic carbocycles. The molecule has 3 heterocycles. The largest absolute Gasteiger partial charge is 0.501 e. The van der Waals surface area contributed by atoms with Gasteiger partial charge in [0, 0.05) is 32.5 Å². The van der Waals surface area contributed by atoms with Crippen molar-refractivity contribution in [1.82, 2.24) is 14.5 Å². The minimum absolute atomic E-state index is 0.0368. The summed E-state index contributed by atoms with van der Waals surface area (Å²) in [6.45, 7) is 0.698. The Labute approximate surface area is 191 Å². The second kappa shape index (κ2) is 9.72. The third-order valence-electron chi connectivity index (χ3n) is 6.40. The highest BCUT2D eigenvalue weighted by molar-refractivity contribution is 5.96. The van der Waals surface area contributed by atoms with Crippen molar-refractivity contribution in [3.8, 4) is 11.5 Å². The number of aromatic nitrogens is 2. The normalized spacial score (nSPS) is 20.1. The van der Waals surface area contributed by atoms with Crippen LogP contribution in [0, 0.1) is 5.82 Å². The van der Waals surface area contributed by atoms with Gasteiger partial charge in [0.05, 0.1) is 12.6 Å². The molecule has 0 saturated heterocycles. The summed E-state index contributed by atoms with van der Waals surface area (Å²) in [5.41, 5.74) is -0.296. The summed E-state index contributed by atoms with van der Waals surface area (Å²) >= 11 is 0. The highest BCUT2D eigenvalue weighted by Crippen LogP contribution is 2.30. The van der Waals surface area contributed by atoms with Crippen LogP contribution in [0.1, 0.15) is 72.9 Å². The number of benzene rings is 1. The number of aryl methyl sites for hydroxylation is 1. The number of ether oxygens (including phenoxy) is 1.